The van der Waals surface area contributed by atoms with E-state index in [1.165, 1.54) is 0 Å². The van der Waals surface area contributed by atoms with Crippen LogP contribution in [0.2, 0.25) is 0 Å². The van der Waals surface area contributed by atoms with Crippen LogP contribution in [-0.2, 0) is 6.54 Å². The molecule has 0 spiro atoms. The quantitative estimate of drug-likeness (QED) is 0.688. The second-order valence-corrected chi connectivity index (χ2v) is 5.95. The van der Waals surface area contributed by atoms with E-state index in [0.29, 0.717) is 0 Å². The van der Waals surface area contributed by atoms with Gasteiger partial charge in [0.1, 0.15) is 18.1 Å². The van der Waals surface area contributed by atoms with E-state index in [1.54, 1.807) is 14.0 Å². The molecule has 0 fully saturated rings. The van der Waals surface area contributed by atoms with Gasteiger partial charge in [0.2, 0.25) is 0 Å². The lowest BCUT2D eigenvalue weighted by Gasteiger charge is -2.28. The Kier molecular flexibility index (Phi) is 6.99. The van der Waals surface area contributed by atoms with Crippen LogP contribution >= 0.6 is 0 Å². The van der Waals surface area contributed by atoms with E-state index in [0.717, 1.165) is 36.6 Å². The Morgan fingerprint density at radius 1 is 1.33 bits per heavy atom. The van der Waals surface area contributed by atoms with Gasteiger partial charge >= 0.3 is 0 Å². The van der Waals surface area contributed by atoms with Gasteiger partial charge in [-0.05, 0) is 44.0 Å². The van der Waals surface area contributed by atoms with Gasteiger partial charge in [-0.2, -0.15) is 0 Å². The van der Waals surface area contributed by atoms with Gasteiger partial charge in [0.25, 0.3) is 0 Å². The van der Waals surface area contributed by atoms with Crippen molar-refractivity contribution in [2.24, 2.45) is 5.92 Å². The van der Waals surface area contributed by atoms with Crippen molar-refractivity contribution in [3.8, 4) is 11.5 Å². The van der Waals surface area contributed by atoms with Crippen molar-refractivity contribution < 1.29 is 14.6 Å². The molecule has 0 radical (unpaired) electrons. The van der Waals surface area contributed by atoms with Gasteiger partial charge in [0.15, 0.2) is 0 Å². The fourth-order valence-corrected chi connectivity index (χ4v) is 1.75. The number of nitrogens with one attached hydrogen (secondary N) is 1. The monoisotopic (exact) mass is 295 g/mol. The van der Waals surface area contributed by atoms with E-state index in [9.17, 15) is 5.11 Å². The molecule has 21 heavy (non-hydrogen) atoms. The molecular weight excluding hydrogens is 266 g/mol. The van der Waals surface area contributed by atoms with E-state index in [4.69, 9.17) is 9.47 Å². The summed E-state index contributed by atoms with van der Waals surface area (Å²) in [4.78, 5) is 0. The third-order valence-electron chi connectivity index (χ3n) is 3.77. The Labute approximate surface area is 128 Å². The highest BCUT2D eigenvalue weighted by atomic mass is 16.5. The van der Waals surface area contributed by atoms with Crippen molar-refractivity contribution in [2.75, 3.05) is 20.3 Å². The minimum absolute atomic E-state index is 0.136. The summed E-state index contributed by atoms with van der Waals surface area (Å²) in [6.07, 6.45) is 1.09. The zero-order valence-corrected chi connectivity index (χ0v) is 13.9. The number of benzene rings is 1. The molecule has 4 heteroatoms. The van der Waals surface area contributed by atoms with E-state index in [-0.39, 0.29) is 12.5 Å². The summed E-state index contributed by atoms with van der Waals surface area (Å²) >= 11 is 0. The molecule has 4 nitrogen and oxygen atoms in total. The first-order valence-electron chi connectivity index (χ1n) is 7.63. The molecule has 1 atom stereocenters. The molecule has 0 heterocycles. The van der Waals surface area contributed by atoms with Crippen LogP contribution in [0.3, 0.4) is 0 Å². The van der Waals surface area contributed by atoms with Crippen LogP contribution in [-0.4, -0.2) is 31.0 Å². The average molecular weight is 295 g/mol. The Hall–Kier alpha value is -1.26. The van der Waals surface area contributed by atoms with Crippen molar-refractivity contribution in [1.29, 1.82) is 0 Å². The predicted octanol–water partition coefficient (Wildman–Crippen LogP) is 2.98. The fourth-order valence-electron chi connectivity index (χ4n) is 1.75. The highest BCUT2D eigenvalue weighted by molar-refractivity contribution is 5.40. The largest absolute Gasteiger partial charge is 0.497 e. The third-order valence-corrected chi connectivity index (χ3v) is 3.77. The van der Waals surface area contributed by atoms with Crippen molar-refractivity contribution >= 4 is 0 Å². The fraction of sp³-hybridized carbons (Fsp3) is 0.647. The van der Waals surface area contributed by atoms with Crippen LogP contribution in [0.5, 0.6) is 11.5 Å². The van der Waals surface area contributed by atoms with E-state index in [1.807, 2.05) is 32.0 Å². The number of rotatable bonds is 9. The Balaban J connectivity index is 2.79. The number of ether oxygens (including phenoxy) is 2. The Bertz CT molecular complexity index is 430. The van der Waals surface area contributed by atoms with E-state index in [2.05, 4.69) is 12.2 Å². The standard InChI is InChI=1S/C17H29NO3/c1-6-9-18-11-14-10-15(20-5)7-8-16(14)21-12-17(4,19)13(2)3/h7-8,10,13,18-19H,6,9,11-12H2,1-5H3. The van der Waals surface area contributed by atoms with Crippen LogP contribution in [0.4, 0.5) is 0 Å². The summed E-state index contributed by atoms with van der Waals surface area (Å²) in [6.45, 7) is 9.87. The molecule has 1 unspecified atom stereocenters. The number of hydrogen-bond acceptors (Lipinski definition) is 4. The maximum Gasteiger partial charge on any atom is 0.124 e. The van der Waals surface area contributed by atoms with Gasteiger partial charge in [0.05, 0.1) is 12.7 Å². The van der Waals surface area contributed by atoms with Gasteiger partial charge < -0.3 is 19.9 Å². The summed E-state index contributed by atoms with van der Waals surface area (Å²) in [7, 11) is 1.66. The second-order valence-electron chi connectivity index (χ2n) is 5.95. The molecule has 0 aromatic heterocycles. The van der Waals surface area contributed by atoms with Crippen LogP contribution in [0.1, 0.15) is 39.7 Å². The first-order valence-corrected chi connectivity index (χ1v) is 7.63. The molecular formula is C17H29NO3. The summed E-state index contributed by atoms with van der Waals surface area (Å²) < 4.78 is 11.1. The minimum Gasteiger partial charge on any atom is -0.497 e. The first-order chi connectivity index (χ1) is 9.90. The van der Waals surface area contributed by atoms with Crippen LogP contribution < -0.4 is 14.8 Å². The van der Waals surface area contributed by atoms with Crippen molar-refractivity contribution in [2.45, 2.75) is 46.3 Å². The zero-order chi connectivity index (χ0) is 15.9. The first kappa shape index (κ1) is 17.8. The topological polar surface area (TPSA) is 50.7 Å². The molecule has 1 aromatic rings. The molecule has 1 aromatic carbocycles. The van der Waals surface area contributed by atoms with Gasteiger partial charge in [-0.15, -0.1) is 0 Å². The number of methoxy groups -OCH3 is 1. The molecule has 0 aliphatic heterocycles. The predicted molar refractivity (Wildman–Crippen MR) is 85.9 cm³/mol. The number of hydrogen-bond donors (Lipinski definition) is 2. The maximum absolute atomic E-state index is 10.3. The Morgan fingerprint density at radius 3 is 2.62 bits per heavy atom. The smallest absolute Gasteiger partial charge is 0.124 e. The molecule has 0 saturated heterocycles. The zero-order valence-electron chi connectivity index (χ0n) is 13.9. The molecule has 0 aliphatic rings. The average Bonchev–Trinajstić information content (AvgIpc) is 2.45. The summed E-state index contributed by atoms with van der Waals surface area (Å²) in [5.41, 5.74) is 0.205. The highest BCUT2D eigenvalue weighted by Crippen LogP contribution is 2.26. The van der Waals surface area contributed by atoms with Crippen LogP contribution in [0.15, 0.2) is 18.2 Å². The summed E-state index contributed by atoms with van der Waals surface area (Å²) in [5.74, 6) is 1.74. The molecule has 120 valence electrons. The molecule has 0 bridgehead atoms. The van der Waals surface area contributed by atoms with Gasteiger partial charge in [-0.3, -0.25) is 0 Å². The summed E-state index contributed by atoms with van der Waals surface area (Å²) in [6, 6.07) is 5.75. The lowest BCUT2D eigenvalue weighted by Crippen LogP contribution is -2.38. The maximum atomic E-state index is 10.3. The lowest BCUT2D eigenvalue weighted by atomic mass is 9.94. The second kappa shape index (κ2) is 8.25. The minimum atomic E-state index is -0.839. The molecule has 0 saturated carbocycles. The van der Waals surface area contributed by atoms with Crippen molar-refractivity contribution in [3.63, 3.8) is 0 Å². The third kappa shape index (κ3) is 5.56. The normalized spacial score (nSPS) is 14.0. The SMILES string of the molecule is CCCNCc1cc(OC)ccc1OCC(C)(O)C(C)C. The highest BCUT2D eigenvalue weighted by Gasteiger charge is 2.26. The van der Waals surface area contributed by atoms with Gasteiger partial charge in [0, 0.05) is 12.1 Å². The molecule has 0 amide bonds. The molecule has 0 aliphatic carbocycles. The Morgan fingerprint density at radius 2 is 2.05 bits per heavy atom. The van der Waals surface area contributed by atoms with Crippen LogP contribution in [0, 0.1) is 5.92 Å². The van der Waals surface area contributed by atoms with Crippen LogP contribution in [0.25, 0.3) is 0 Å². The lowest BCUT2D eigenvalue weighted by molar-refractivity contribution is -0.0268. The van der Waals surface area contributed by atoms with Gasteiger partial charge in [-0.25, -0.2) is 0 Å². The molecule has 1 rings (SSSR count). The van der Waals surface area contributed by atoms with Crippen molar-refractivity contribution in [3.05, 3.63) is 23.8 Å². The molecule has 2 N–H and O–H groups in total. The van der Waals surface area contributed by atoms with E-state index < -0.39 is 5.60 Å². The summed E-state index contributed by atoms with van der Waals surface area (Å²) in [5, 5.41) is 13.7. The van der Waals surface area contributed by atoms with E-state index >= 15 is 0 Å². The van der Waals surface area contributed by atoms with Crippen molar-refractivity contribution in [1.82, 2.24) is 5.32 Å². The number of aliphatic hydroxyl groups is 1. The van der Waals surface area contributed by atoms with Gasteiger partial charge in [-0.1, -0.05) is 20.8 Å².